The van der Waals surface area contributed by atoms with E-state index in [4.69, 9.17) is 9.84 Å². The van der Waals surface area contributed by atoms with E-state index in [1.54, 1.807) is 0 Å². The minimum absolute atomic E-state index is 0.0903. The smallest absolute Gasteiger partial charge is 0.139 e. The molecule has 1 heterocycles. The van der Waals surface area contributed by atoms with Gasteiger partial charge in [-0.1, -0.05) is 6.92 Å². The molecule has 0 bridgehead atoms. The van der Waals surface area contributed by atoms with Crippen molar-refractivity contribution in [2.75, 3.05) is 6.61 Å². The summed E-state index contributed by atoms with van der Waals surface area (Å²) < 4.78 is 5.72. The van der Waals surface area contributed by atoms with E-state index in [2.05, 4.69) is 6.92 Å². The molecule has 1 fully saturated rings. The molecule has 1 saturated heterocycles. The maximum absolute atomic E-state index is 9.79. The predicted molar refractivity (Wildman–Crippen MR) is 63.9 cm³/mol. The summed E-state index contributed by atoms with van der Waals surface area (Å²) in [6.07, 6.45) is 1.31. The van der Waals surface area contributed by atoms with Crippen molar-refractivity contribution in [1.29, 1.82) is 0 Å². The highest BCUT2D eigenvalue weighted by Gasteiger charge is 2.34. The number of aliphatic hydroxyl groups is 3. The molecule has 0 radical (unpaired) electrons. The number of rotatable bonds is 6. The number of aliphatic hydroxyl groups excluding tert-OH is 3. The van der Waals surface area contributed by atoms with Gasteiger partial charge in [0.15, 0.2) is 0 Å². The molecule has 0 spiro atoms. The van der Waals surface area contributed by atoms with E-state index in [-0.39, 0.29) is 25.1 Å². The largest absolute Gasteiger partial charge is 0.396 e. The van der Waals surface area contributed by atoms with Crippen LogP contribution < -0.4 is 0 Å². The third-order valence-electron chi connectivity index (χ3n) is 3.38. The fraction of sp³-hybridized carbons (Fsp3) is 1.00. The minimum atomic E-state index is -0.821. The van der Waals surface area contributed by atoms with Crippen LogP contribution in [-0.4, -0.2) is 54.1 Å². The molecule has 0 saturated carbocycles. The fourth-order valence-corrected chi connectivity index (χ4v) is 2.51. The number of ether oxygens (including phenoxy) is 1. The summed E-state index contributed by atoms with van der Waals surface area (Å²) in [5, 5.41) is 28.0. The molecule has 5 heteroatoms. The number of hydrogen-bond donors (Lipinski definition) is 3. The Bertz CT molecular complexity index is 202. The SMILES string of the molecule is BC1CC(CC(O)C(O)CCO)C(CC)O1. The first-order chi connectivity index (χ1) is 7.58. The molecule has 0 aromatic heterocycles. The Morgan fingerprint density at radius 2 is 2.06 bits per heavy atom. The number of hydrogen-bond acceptors (Lipinski definition) is 4. The molecule has 0 amide bonds. The average molecular weight is 230 g/mol. The van der Waals surface area contributed by atoms with E-state index in [9.17, 15) is 10.2 Å². The van der Waals surface area contributed by atoms with Crippen molar-refractivity contribution in [3.8, 4) is 0 Å². The maximum atomic E-state index is 9.79. The Balaban J connectivity index is 2.40. The zero-order chi connectivity index (χ0) is 12.1. The van der Waals surface area contributed by atoms with Crippen LogP contribution in [0.1, 0.15) is 32.6 Å². The molecule has 94 valence electrons. The second-order valence-corrected chi connectivity index (χ2v) is 4.77. The van der Waals surface area contributed by atoms with Crippen molar-refractivity contribution in [2.24, 2.45) is 5.92 Å². The highest BCUT2D eigenvalue weighted by Crippen LogP contribution is 2.31. The molecule has 3 N–H and O–H groups in total. The highest BCUT2D eigenvalue weighted by molar-refractivity contribution is 6.11. The van der Waals surface area contributed by atoms with Gasteiger partial charge in [0.1, 0.15) is 7.85 Å². The molecular weight excluding hydrogens is 207 g/mol. The fourth-order valence-electron chi connectivity index (χ4n) is 2.51. The minimum Gasteiger partial charge on any atom is -0.396 e. The van der Waals surface area contributed by atoms with Crippen LogP contribution >= 0.6 is 0 Å². The van der Waals surface area contributed by atoms with E-state index < -0.39 is 12.2 Å². The van der Waals surface area contributed by atoms with Crippen LogP contribution in [0.5, 0.6) is 0 Å². The molecule has 5 atom stereocenters. The molecule has 1 aliphatic rings. The standard InChI is InChI=1S/C11H23BO4/c1-2-10-7(6-11(12)16-10)5-9(15)8(14)3-4-13/h7-11,13-15H,2-6,12H2,1H3. The summed E-state index contributed by atoms with van der Waals surface area (Å²) in [6, 6.07) is 0.247. The van der Waals surface area contributed by atoms with Crippen LogP contribution in [0.25, 0.3) is 0 Å². The van der Waals surface area contributed by atoms with Crippen molar-refractivity contribution in [3.63, 3.8) is 0 Å². The van der Waals surface area contributed by atoms with Crippen LogP contribution in [0.3, 0.4) is 0 Å². The van der Waals surface area contributed by atoms with E-state index >= 15 is 0 Å². The molecule has 1 aliphatic heterocycles. The van der Waals surface area contributed by atoms with E-state index in [1.165, 1.54) is 0 Å². The Labute approximate surface area is 98.0 Å². The van der Waals surface area contributed by atoms with Gasteiger partial charge < -0.3 is 20.1 Å². The first-order valence-corrected chi connectivity index (χ1v) is 6.20. The lowest BCUT2D eigenvalue weighted by atomic mass is 9.85. The van der Waals surface area contributed by atoms with Crippen LogP contribution in [0.15, 0.2) is 0 Å². The lowest BCUT2D eigenvalue weighted by Crippen LogP contribution is -2.31. The van der Waals surface area contributed by atoms with E-state index in [1.807, 2.05) is 7.85 Å². The molecule has 5 unspecified atom stereocenters. The summed E-state index contributed by atoms with van der Waals surface area (Å²) in [6.45, 7) is 1.99. The third kappa shape index (κ3) is 3.73. The Hall–Kier alpha value is -0.0951. The van der Waals surface area contributed by atoms with Crippen molar-refractivity contribution >= 4 is 7.85 Å². The van der Waals surface area contributed by atoms with Gasteiger partial charge in [-0.25, -0.2) is 0 Å². The lowest BCUT2D eigenvalue weighted by molar-refractivity contribution is -0.0165. The van der Waals surface area contributed by atoms with Crippen LogP contribution in [0, 0.1) is 5.92 Å². The van der Waals surface area contributed by atoms with E-state index in [0.717, 1.165) is 12.8 Å². The van der Waals surface area contributed by atoms with Crippen LogP contribution in [-0.2, 0) is 4.74 Å². The van der Waals surface area contributed by atoms with Gasteiger partial charge in [-0.15, -0.1) is 0 Å². The summed E-state index contributed by atoms with van der Waals surface area (Å²) >= 11 is 0. The molecule has 4 nitrogen and oxygen atoms in total. The van der Waals surface area contributed by atoms with E-state index in [0.29, 0.717) is 12.3 Å². The van der Waals surface area contributed by atoms with Gasteiger partial charge in [-0.2, -0.15) is 0 Å². The molecule has 0 aromatic carbocycles. The van der Waals surface area contributed by atoms with Gasteiger partial charge in [0.25, 0.3) is 0 Å². The molecule has 1 rings (SSSR count). The summed E-state index contributed by atoms with van der Waals surface area (Å²) in [5.41, 5.74) is 0. The molecule has 0 aromatic rings. The Morgan fingerprint density at radius 1 is 1.38 bits per heavy atom. The zero-order valence-corrected chi connectivity index (χ0v) is 10.2. The van der Waals surface area contributed by atoms with Gasteiger partial charge in [0.05, 0.1) is 18.3 Å². The first kappa shape index (κ1) is 14.0. The Morgan fingerprint density at radius 3 is 2.62 bits per heavy atom. The second-order valence-electron chi connectivity index (χ2n) is 4.77. The van der Waals surface area contributed by atoms with Gasteiger partial charge in [0, 0.05) is 12.6 Å². The zero-order valence-electron chi connectivity index (χ0n) is 10.2. The average Bonchev–Trinajstić information content (AvgIpc) is 2.59. The monoisotopic (exact) mass is 230 g/mol. The topological polar surface area (TPSA) is 69.9 Å². The van der Waals surface area contributed by atoms with Crippen molar-refractivity contribution < 1.29 is 20.1 Å². The molecule has 0 aliphatic carbocycles. The summed E-state index contributed by atoms with van der Waals surface area (Å²) in [4.78, 5) is 0. The van der Waals surface area contributed by atoms with Crippen molar-refractivity contribution in [1.82, 2.24) is 0 Å². The quantitative estimate of drug-likeness (QED) is 0.525. The predicted octanol–water partition coefficient (Wildman–Crippen LogP) is -0.745. The Kier molecular flexibility index (Phi) is 5.76. The van der Waals surface area contributed by atoms with Crippen molar-refractivity contribution in [3.05, 3.63) is 0 Å². The highest BCUT2D eigenvalue weighted by atomic mass is 16.5. The molecular formula is C11H23BO4. The van der Waals surface area contributed by atoms with Crippen LogP contribution in [0.2, 0.25) is 0 Å². The van der Waals surface area contributed by atoms with Gasteiger partial charge in [0.2, 0.25) is 0 Å². The van der Waals surface area contributed by atoms with Gasteiger partial charge in [-0.3, -0.25) is 0 Å². The van der Waals surface area contributed by atoms with Gasteiger partial charge >= 0.3 is 0 Å². The normalized spacial score (nSPS) is 33.9. The maximum Gasteiger partial charge on any atom is 0.139 e. The van der Waals surface area contributed by atoms with Crippen molar-refractivity contribution in [2.45, 2.75) is 56.9 Å². The second kappa shape index (κ2) is 6.59. The summed E-state index contributed by atoms with van der Waals surface area (Å²) in [5.74, 6) is 0.323. The summed E-state index contributed by atoms with van der Waals surface area (Å²) in [7, 11) is 2.04. The first-order valence-electron chi connectivity index (χ1n) is 6.20. The molecule has 16 heavy (non-hydrogen) atoms. The van der Waals surface area contributed by atoms with Gasteiger partial charge in [-0.05, 0) is 31.6 Å². The van der Waals surface area contributed by atoms with Crippen LogP contribution in [0.4, 0.5) is 0 Å². The lowest BCUT2D eigenvalue weighted by Gasteiger charge is -2.23. The third-order valence-corrected chi connectivity index (χ3v) is 3.38.